The second kappa shape index (κ2) is 5.29. The van der Waals surface area contributed by atoms with E-state index in [2.05, 4.69) is 10.5 Å². The van der Waals surface area contributed by atoms with Crippen LogP contribution in [0, 0.1) is 13.8 Å². The maximum atomic E-state index is 11.6. The standard InChI is InChI=1S/C10H14N2O4/c1-6-9(7(2)16-12-6)10(15)11-5-3-4-8(13)14/h3-5H2,1-2H3,(H,11,15)(H,13,14). The molecule has 0 spiro atoms. The lowest BCUT2D eigenvalue weighted by Crippen LogP contribution is -2.25. The maximum absolute atomic E-state index is 11.6. The van der Waals surface area contributed by atoms with Gasteiger partial charge in [0.15, 0.2) is 0 Å². The van der Waals surface area contributed by atoms with Gasteiger partial charge in [0, 0.05) is 13.0 Å². The van der Waals surface area contributed by atoms with Gasteiger partial charge in [-0.1, -0.05) is 5.16 Å². The Labute approximate surface area is 92.6 Å². The monoisotopic (exact) mass is 226 g/mol. The van der Waals surface area contributed by atoms with Gasteiger partial charge in [-0.15, -0.1) is 0 Å². The van der Waals surface area contributed by atoms with Crippen LogP contribution in [0.5, 0.6) is 0 Å². The number of rotatable bonds is 5. The van der Waals surface area contributed by atoms with Gasteiger partial charge in [-0.2, -0.15) is 0 Å². The second-order valence-corrected chi connectivity index (χ2v) is 3.45. The van der Waals surface area contributed by atoms with Crippen LogP contribution in [0.1, 0.15) is 34.7 Å². The molecule has 6 heteroatoms. The average Bonchev–Trinajstić information content (AvgIpc) is 2.53. The number of carboxylic acids is 1. The first kappa shape index (κ1) is 12.2. The molecule has 0 fully saturated rings. The quantitative estimate of drug-likeness (QED) is 0.727. The summed E-state index contributed by atoms with van der Waals surface area (Å²) in [5.74, 6) is -0.679. The fourth-order valence-electron chi connectivity index (χ4n) is 1.34. The van der Waals surface area contributed by atoms with E-state index in [1.54, 1.807) is 13.8 Å². The van der Waals surface area contributed by atoms with Crippen molar-refractivity contribution in [3.8, 4) is 0 Å². The molecule has 0 radical (unpaired) electrons. The van der Waals surface area contributed by atoms with Crippen molar-refractivity contribution < 1.29 is 19.2 Å². The van der Waals surface area contributed by atoms with Crippen LogP contribution < -0.4 is 5.32 Å². The zero-order valence-electron chi connectivity index (χ0n) is 9.24. The zero-order chi connectivity index (χ0) is 12.1. The molecule has 0 aliphatic rings. The van der Waals surface area contributed by atoms with E-state index in [-0.39, 0.29) is 12.3 Å². The average molecular weight is 226 g/mol. The molecule has 0 atom stereocenters. The molecule has 1 aromatic heterocycles. The van der Waals surface area contributed by atoms with Gasteiger partial charge in [-0.25, -0.2) is 0 Å². The number of aliphatic carboxylic acids is 1. The Bertz CT molecular complexity index is 378. The summed E-state index contributed by atoms with van der Waals surface area (Å²) in [4.78, 5) is 21.9. The van der Waals surface area contributed by atoms with Crippen LogP contribution in [0.15, 0.2) is 4.52 Å². The lowest BCUT2D eigenvalue weighted by Gasteiger charge is -2.02. The summed E-state index contributed by atoms with van der Waals surface area (Å²) in [6.45, 7) is 3.67. The molecular weight excluding hydrogens is 212 g/mol. The molecule has 0 aliphatic carbocycles. The van der Waals surface area contributed by atoms with Gasteiger partial charge < -0.3 is 14.9 Å². The summed E-state index contributed by atoms with van der Waals surface area (Å²) in [7, 11) is 0. The first-order valence-corrected chi connectivity index (χ1v) is 4.95. The van der Waals surface area contributed by atoms with Crippen LogP contribution in [-0.4, -0.2) is 28.7 Å². The largest absolute Gasteiger partial charge is 0.481 e. The van der Waals surface area contributed by atoms with Crippen molar-refractivity contribution in [1.82, 2.24) is 10.5 Å². The topological polar surface area (TPSA) is 92.4 Å². The first-order chi connectivity index (χ1) is 7.52. The van der Waals surface area contributed by atoms with Gasteiger partial charge in [0.1, 0.15) is 11.3 Å². The number of carbonyl (C=O) groups is 2. The molecule has 0 aliphatic heterocycles. The maximum Gasteiger partial charge on any atom is 0.303 e. The number of hydrogen-bond acceptors (Lipinski definition) is 4. The fraction of sp³-hybridized carbons (Fsp3) is 0.500. The van der Waals surface area contributed by atoms with E-state index < -0.39 is 5.97 Å². The van der Waals surface area contributed by atoms with Crippen LogP contribution in [0.2, 0.25) is 0 Å². The van der Waals surface area contributed by atoms with Crippen molar-refractivity contribution in [3.05, 3.63) is 17.0 Å². The molecule has 1 rings (SSSR count). The molecule has 2 N–H and O–H groups in total. The highest BCUT2D eigenvalue weighted by Gasteiger charge is 2.16. The highest BCUT2D eigenvalue weighted by molar-refractivity contribution is 5.96. The van der Waals surface area contributed by atoms with E-state index in [4.69, 9.17) is 9.63 Å². The van der Waals surface area contributed by atoms with Crippen LogP contribution >= 0.6 is 0 Å². The minimum atomic E-state index is -0.869. The van der Waals surface area contributed by atoms with Gasteiger partial charge in [0.25, 0.3) is 5.91 Å². The van der Waals surface area contributed by atoms with Gasteiger partial charge in [-0.05, 0) is 20.3 Å². The molecular formula is C10H14N2O4. The van der Waals surface area contributed by atoms with E-state index in [0.29, 0.717) is 30.0 Å². The predicted octanol–water partition coefficient (Wildman–Crippen LogP) is 0.886. The first-order valence-electron chi connectivity index (χ1n) is 4.95. The summed E-state index contributed by atoms with van der Waals surface area (Å²) >= 11 is 0. The van der Waals surface area contributed by atoms with E-state index in [1.807, 2.05) is 0 Å². The smallest absolute Gasteiger partial charge is 0.303 e. The fourth-order valence-corrected chi connectivity index (χ4v) is 1.34. The highest BCUT2D eigenvalue weighted by atomic mass is 16.5. The Morgan fingerprint density at radius 2 is 2.12 bits per heavy atom. The molecule has 1 heterocycles. The molecule has 16 heavy (non-hydrogen) atoms. The van der Waals surface area contributed by atoms with Crippen molar-refractivity contribution in [1.29, 1.82) is 0 Å². The number of nitrogens with zero attached hydrogens (tertiary/aromatic N) is 1. The molecule has 1 amide bonds. The van der Waals surface area contributed by atoms with E-state index in [9.17, 15) is 9.59 Å². The molecule has 0 bridgehead atoms. The lowest BCUT2D eigenvalue weighted by atomic mass is 10.2. The van der Waals surface area contributed by atoms with Gasteiger partial charge in [0.05, 0.1) is 5.69 Å². The highest BCUT2D eigenvalue weighted by Crippen LogP contribution is 2.11. The van der Waals surface area contributed by atoms with Crippen LogP contribution in [0.4, 0.5) is 0 Å². The molecule has 88 valence electrons. The predicted molar refractivity (Wildman–Crippen MR) is 55.2 cm³/mol. The number of amides is 1. The Morgan fingerprint density at radius 1 is 1.44 bits per heavy atom. The second-order valence-electron chi connectivity index (χ2n) is 3.45. The molecule has 1 aromatic rings. The number of carboxylic acid groups (broad SMARTS) is 1. The molecule has 0 saturated heterocycles. The number of aromatic nitrogens is 1. The number of nitrogens with one attached hydrogen (secondary N) is 1. The van der Waals surface area contributed by atoms with Gasteiger partial charge in [0.2, 0.25) is 0 Å². The third-order valence-corrected chi connectivity index (χ3v) is 2.11. The van der Waals surface area contributed by atoms with Crippen molar-refractivity contribution in [2.45, 2.75) is 26.7 Å². The molecule has 6 nitrogen and oxygen atoms in total. The number of carbonyl (C=O) groups excluding carboxylic acids is 1. The van der Waals surface area contributed by atoms with E-state index >= 15 is 0 Å². The van der Waals surface area contributed by atoms with Crippen molar-refractivity contribution in [3.63, 3.8) is 0 Å². The molecule has 0 unspecified atom stereocenters. The third-order valence-electron chi connectivity index (χ3n) is 2.11. The number of hydrogen-bond donors (Lipinski definition) is 2. The SMILES string of the molecule is Cc1noc(C)c1C(=O)NCCCC(=O)O. The van der Waals surface area contributed by atoms with Crippen LogP contribution in [-0.2, 0) is 4.79 Å². The van der Waals surface area contributed by atoms with Crippen molar-refractivity contribution in [2.24, 2.45) is 0 Å². The minimum Gasteiger partial charge on any atom is -0.481 e. The zero-order valence-corrected chi connectivity index (χ0v) is 9.24. The van der Waals surface area contributed by atoms with Gasteiger partial charge >= 0.3 is 5.97 Å². The van der Waals surface area contributed by atoms with Crippen molar-refractivity contribution in [2.75, 3.05) is 6.54 Å². The van der Waals surface area contributed by atoms with Crippen molar-refractivity contribution >= 4 is 11.9 Å². The van der Waals surface area contributed by atoms with Crippen LogP contribution in [0.25, 0.3) is 0 Å². The summed E-state index contributed by atoms with van der Waals surface area (Å²) < 4.78 is 4.86. The Kier molecular flexibility index (Phi) is 4.04. The van der Waals surface area contributed by atoms with Gasteiger partial charge in [-0.3, -0.25) is 9.59 Å². The Balaban J connectivity index is 2.44. The summed E-state index contributed by atoms with van der Waals surface area (Å²) in [5.41, 5.74) is 0.962. The Morgan fingerprint density at radius 3 is 2.62 bits per heavy atom. The van der Waals surface area contributed by atoms with Crippen LogP contribution in [0.3, 0.4) is 0 Å². The van der Waals surface area contributed by atoms with E-state index in [0.717, 1.165) is 0 Å². The normalized spacial score (nSPS) is 10.1. The summed E-state index contributed by atoms with van der Waals surface area (Å²) in [5, 5.41) is 14.7. The summed E-state index contributed by atoms with van der Waals surface area (Å²) in [6.07, 6.45) is 0.451. The molecule has 0 saturated carbocycles. The number of aryl methyl sites for hydroxylation is 2. The minimum absolute atomic E-state index is 0.0435. The molecule has 0 aromatic carbocycles. The Hall–Kier alpha value is -1.85. The lowest BCUT2D eigenvalue weighted by molar-refractivity contribution is -0.137. The summed E-state index contributed by atoms with van der Waals surface area (Å²) in [6, 6.07) is 0. The third kappa shape index (κ3) is 3.08. The van der Waals surface area contributed by atoms with E-state index in [1.165, 1.54) is 0 Å².